The first kappa shape index (κ1) is 17.3. The first-order chi connectivity index (χ1) is 12.6. The normalized spacial score (nSPS) is 14.5. The molecule has 1 aliphatic heterocycles. The molecule has 0 radical (unpaired) electrons. The van der Waals surface area contributed by atoms with E-state index in [2.05, 4.69) is 17.5 Å². The van der Waals surface area contributed by atoms with E-state index in [0.29, 0.717) is 30.0 Å². The van der Waals surface area contributed by atoms with Gasteiger partial charge in [0.05, 0.1) is 42.4 Å². The van der Waals surface area contributed by atoms with Gasteiger partial charge in [-0.25, -0.2) is 4.79 Å². The molecule has 1 saturated heterocycles. The van der Waals surface area contributed by atoms with Crippen molar-refractivity contribution in [2.75, 3.05) is 13.1 Å². The zero-order valence-corrected chi connectivity index (χ0v) is 14.3. The van der Waals surface area contributed by atoms with Crippen LogP contribution in [0, 0.1) is 22.7 Å². The number of benzene rings is 2. The summed E-state index contributed by atoms with van der Waals surface area (Å²) < 4.78 is 5.78. The summed E-state index contributed by atoms with van der Waals surface area (Å²) in [6.07, 6.45) is -0.0427. The Labute approximate surface area is 152 Å². The third-order valence-corrected chi connectivity index (χ3v) is 4.30. The molecular formula is C20H18N4O2. The van der Waals surface area contributed by atoms with Gasteiger partial charge in [-0.1, -0.05) is 12.1 Å². The van der Waals surface area contributed by atoms with E-state index in [1.165, 1.54) is 0 Å². The number of urea groups is 1. The van der Waals surface area contributed by atoms with Gasteiger partial charge in [-0.15, -0.1) is 0 Å². The number of nitriles is 2. The molecule has 1 atom stereocenters. The monoisotopic (exact) mass is 346 g/mol. The number of rotatable bonds is 4. The van der Waals surface area contributed by atoms with Gasteiger partial charge in [0, 0.05) is 0 Å². The quantitative estimate of drug-likeness (QED) is 0.922. The second-order valence-corrected chi connectivity index (χ2v) is 6.19. The lowest BCUT2D eigenvalue weighted by Crippen LogP contribution is -2.59. The van der Waals surface area contributed by atoms with Crippen LogP contribution >= 0.6 is 0 Å². The molecular weight excluding hydrogens is 328 g/mol. The van der Waals surface area contributed by atoms with Crippen molar-refractivity contribution in [1.29, 1.82) is 10.5 Å². The second kappa shape index (κ2) is 7.58. The van der Waals surface area contributed by atoms with Crippen molar-refractivity contribution in [2.45, 2.75) is 19.1 Å². The van der Waals surface area contributed by atoms with Gasteiger partial charge < -0.3 is 15.0 Å². The molecule has 6 heteroatoms. The van der Waals surface area contributed by atoms with Crippen LogP contribution in [0.5, 0.6) is 5.75 Å². The molecule has 0 spiro atoms. The molecule has 6 nitrogen and oxygen atoms in total. The highest BCUT2D eigenvalue weighted by atomic mass is 16.5. The Morgan fingerprint density at radius 1 is 1.08 bits per heavy atom. The Morgan fingerprint density at radius 3 is 2.15 bits per heavy atom. The van der Waals surface area contributed by atoms with E-state index >= 15 is 0 Å². The van der Waals surface area contributed by atoms with E-state index in [4.69, 9.17) is 15.3 Å². The lowest BCUT2D eigenvalue weighted by Gasteiger charge is -2.39. The van der Waals surface area contributed by atoms with Crippen LogP contribution in [0.1, 0.15) is 29.7 Å². The van der Waals surface area contributed by atoms with Gasteiger partial charge in [0.15, 0.2) is 0 Å². The summed E-state index contributed by atoms with van der Waals surface area (Å²) in [5.74, 6) is 0.694. The SMILES string of the molecule is CC(NC(=O)N1CC(Oc2ccc(C#N)cc2)C1)c1ccc(C#N)cc1. The van der Waals surface area contributed by atoms with Crippen molar-refractivity contribution >= 4 is 6.03 Å². The minimum atomic E-state index is -0.145. The van der Waals surface area contributed by atoms with Crippen molar-refractivity contribution in [3.63, 3.8) is 0 Å². The number of nitrogens with zero attached hydrogens (tertiary/aromatic N) is 3. The largest absolute Gasteiger partial charge is 0.487 e. The van der Waals surface area contributed by atoms with E-state index in [1.54, 1.807) is 41.3 Å². The number of carbonyl (C=O) groups is 1. The molecule has 1 unspecified atom stereocenters. The molecule has 1 N–H and O–H groups in total. The van der Waals surface area contributed by atoms with Crippen LogP contribution in [0.15, 0.2) is 48.5 Å². The van der Waals surface area contributed by atoms with Crippen molar-refractivity contribution in [3.8, 4) is 17.9 Å². The molecule has 26 heavy (non-hydrogen) atoms. The fraction of sp³-hybridized carbons (Fsp3) is 0.250. The van der Waals surface area contributed by atoms with Gasteiger partial charge in [0.25, 0.3) is 0 Å². The summed E-state index contributed by atoms with van der Waals surface area (Å²) in [4.78, 5) is 14.0. The van der Waals surface area contributed by atoms with Crippen LogP contribution < -0.4 is 10.1 Å². The van der Waals surface area contributed by atoms with Crippen molar-refractivity contribution in [1.82, 2.24) is 10.2 Å². The number of likely N-dealkylation sites (tertiary alicyclic amines) is 1. The molecule has 0 aromatic heterocycles. The highest BCUT2D eigenvalue weighted by Gasteiger charge is 2.32. The maximum Gasteiger partial charge on any atom is 0.318 e. The molecule has 0 bridgehead atoms. The standard InChI is InChI=1S/C20H18N4O2/c1-14(17-6-2-15(10-21)3-7-17)23-20(25)24-12-19(13-24)26-18-8-4-16(11-22)5-9-18/h2-9,14,19H,12-13H2,1H3,(H,23,25). The molecule has 1 aliphatic rings. The number of carbonyl (C=O) groups excluding carboxylic acids is 1. The van der Waals surface area contributed by atoms with Gasteiger partial charge in [-0.05, 0) is 48.9 Å². The zero-order valence-electron chi connectivity index (χ0n) is 14.3. The number of amides is 2. The number of hydrogen-bond acceptors (Lipinski definition) is 4. The lowest BCUT2D eigenvalue weighted by atomic mass is 10.1. The van der Waals surface area contributed by atoms with Gasteiger partial charge >= 0.3 is 6.03 Å². The van der Waals surface area contributed by atoms with Crippen LogP contribution in [0.4, 0.5) is 4.79 Å². The number of nitrogens with one attached hydrogen (secondary N) is 1. The summed E-state index contributed by atoms with van der Waals surface area (Å²) in [5, 5.41) is 20.6. The molecule has 1 heterocycles. The van der Waals surface area contributed by atoms with E-state index in [9.17, 15) is 4.79 Å². The minimum absolute atomic E-state index is 0.0427. The fourth-order valence-electron chi connectivity index (χ4n) is 2.69. The zero-order chi connectivity index (χ0) is 18.5. The molecule has 2 amide bonds. The van der Waals surface area contributed by atoms with Gasteiger partial charge in [0.2, 0.25) is 0 Å². The predicted molar refractivity (Wildman–Crippen MR) is 95.2 cm³/mol. The minimum Gasteiger partial charge on any atom is -0.487 e. The van der Waals surface area contributed by atoms with Gasteiger partial charge in [0.1, 0.15) is 11.9 Å². The third kappa shape index (κ3) is 3.93. The molecule has 2 aromatic carbocycles. The number of ether oxygens (including phenoxy) is 1. The maximum absolute atomic E-state index is 12.3. The Hall–Kier alpha value is -3.51. The highest BCUT2D eigenvalue weighted by Crippen LogP contribution is 2.20. The number of hydrogen-bond donors (Lipinski definition) is 1. The molecule has 0 saturated carbocycles. The first-order valence-electron chi connectivity index (χ1n) is 8.31. The molecule has 1 fully saturated rings. The van der Waals surface area contributed by atoms with E-state index in [0.717, 1.165) is 5.56 Å². The molecule has 130 valence electrons. The third-order valence-electron chi connectivity index (χ3n) is 4.30. The molecule has 3 rings (SSSR count). The summed E-state index contributed by atoms with van der Waals surface area (Å²) in [5.41, 5.74) is 2.13. The average Bonchev–Trinajstić information content (AvgIpc) is 2.64. The van der Waals surface area contributed by atoms with Gasteiger partial charge in [-0.2, -0.15) is 10.5 Å². The Morgan fingerprint density at radius 2 is 1.62 bits per heavy atom. The Bertz CT molecular complexity index is 857. The van der Waals surface area contributed by atoms with E-state index in [1.807, 2.05) is 19.1 Å². The van der Waals surface area contributed by atoms with E-state index < -0.39 is 0 Å². The fourth-order valence-corrected chi connectivity index (χ4v) is 2.69. The van der Waals surface area contributed by atoms with Crippen LogP contribution in [-0.2, 0) is 0 Å². The summed E-state index contributed by atoms with van der Waals surface area (Å²) in [6, 6.07) is 18.0. The van der Waals surface area contributed by atoms with Crippen molar-refractivity contribution < 1.29 is 9.53 Å². The summed E-state index contributed by atoms with van der Waals surface area (Å²) in [7, 11) is 0. The van der Waals surface area contributed by atoms with Crippen molar-refractivity contribution in [3.05, 3.63) is 65.2 Å². The first-order valence-corrected chi connectivity index (χ1v) is 8.31. The Balaban J connectivity index is 1.46. The summed E-state index contributed by atoms with van der Waals surface area (Å²) in [6.45, 7) is 2.95. The van der Waals surface area contributed by atoms with Crippen LogP contribution in [0.25, 0.3) is 0 Å². The highest BCUT2D eigenvalue weighted by molar-refractivity contribution is 5.75. The van der Waals surface area contributed by atoms with E-state index in [-0.39, 0.29) is 18.2 Å². The topological polar surface area (TPSA) is 89.2 Å². The van der Waals surface area contributed by atoms with Crippen LogP contribution in [0.2, 0.25) is 0 Å². The van der Waals surface area contributed by atoms with Crippen LogP contribution in [-0.4, -0.2) is 30.1 Å². The molecule has 2 aromatic rings. The smallest absolute Gasteiger partial charge is 0.318 e. The predicted octanol–water partition coefficient (Wildman–Crippen LogP) is 2.96. The second-order valence-electron chi connectivity index (χ2n) is 6.19. The Kier molecular flexibility index (Phi) is 5.05. The molecule has 0 aliphatic carbocycles. The van der Waals surface area contributed by atoms with Crippen LogP contribution in [0.3, 0.4) is 0 Å². The van der Waals surface area contributed by atoms with Crippen molar-refractivity contribution in [2.24, 2.45) is 0 Å². The lowest BCUT2D eigenvalue weighted by molar-refractivity contribution is 0.0436. The summed E-state index contributed by atoms with van der Waals surface area (Å²) >= 11 is 0. The average molecular weight is 346 g/mol. The maximum atomic E-state index is 12.3. The van der Waals surface area contributed by atoms with Gasteiger partial charge in [-0.3, -0.25) is 0 Å².